The van der Waals surface area contributed by atoms with Crippen molar-refractivity contribution in [3.63, 3.8) is 0 Å². The average Bonchev–Trinajstić information content (AvgIpc) is 3.20. The van der Waals surface area contributed by atoms with E-state index in [0.717, 1.165) is 55.9 Å². The lowest BCUT2D eigenvalue weighted by molar-refractivity contribution is -0.138. The fourth-order valence-corrected chi connectivity index (χ4v) is 3.90. The van der Waals surface area contributed by atoms with Crippen LogP contribution in [0.5, 0.6) is 0 Å². The van der Waals surface area contributed by atoms with Crippen molar-refractivity contribution in [1.29, 1.82) is 0 Å². The molecule has 1 fully saturated rings. The summed E-state index contributed by atoms with van der Waals surface area (Å²) in [5.41, 5.74) is 1.52. The Labute approximate surface area is 203 Å². The number of nitrogens with one attached hydrogen (secondary N) is 3. The Morgan fingerprint density at radius 2 is 1.71 bits per heavy atom. The van der Waals surface area contributed by atoms with Crippen molar-refractivity contribution < 1.29 is 9.59 Å². The molecule has 7 nitrogen and oxygen atoms in total. The van der Waals surface area contributed by atoms with Gasteiger partial charge in [-0.2, -0.15) is 0 Å². The lowest BCUT2D eigenvalue weighted by atomic mass is 9.84. The zero-order chi connectivity index (χ0) is 22.0. The van der Waals surface area contributed by atoms with E-state index in [1.165, 1.54) is 0 Å². The second-order valence-electron chi connectivity index (χ2n) is 8.23. The fraction of sp³-hybridized carbons (Fsp3) is 0.609. The van der Waals surface area contributed by atoms with E-state index in [1.807, 2.05) is 52.2 Å². The van der Waals surface area contributed by atoms with Gasteiger partial charge in [-0.25, -0.2) is 4.99 Å². The van der Waals surface area contributed by atoms with Crippen molar-refractivity contribution in [3.05, 3.63) is 29.8 Å². The minimum atomic E-state index is -0.335. The Kier molecular flexibility index (Phi) is 11.9. The molecule has 1 aromatic rings. The molecule has 0 aromatic heterocycles. The van der Waals surface area contributed by atoms with E-state index in [0.29, 0.717) is 19.5 Å². The van der Waals surface area contributed by atoms with Crippen LogP contribution in [0.1, 0.15) is 57.9 Å². The molecule has 1 saturated carbocycles. The molecule has 174 valence electrons. The molecule has 0 unspecified atom stereocenters. The number of amides is 2. The molecule has 8 heteroatoms. The Morgan fingerprint density at radius 3 is 2.26 bits per heavy atom. The molecule has 0 saturated heterocycles. The van der Waals surface area contributed by atoms with E-state index >= 15 is 0 Å². The molecule has 31 heavy (non-hydrogen) atoms. The minimum Gasteiger partial charge on any atom is -0.357 e. The molecule has 1 aromatic carbocycles. The maximum Gasteiger partial charge on any atom is 0.230 e. The Balaban J connectivity index is 0.00000480. The standard InChI is InChI=1S/C23H37N5O2.HI/c1-5-9-20(29)27-19-12-10-18(11-13-19)16-25-22(24-6-2)26-17-23(14-7-8-15-23)21(30)28(3)4;/h10-13H,5-9,14-17H2,1-4H3,(H,27,29)(H2,24,25,26);1H. The monoisotopic (exact) mass is 543 g/mol. The highest BCUT2D eigenvalue weighted by Gasteiger charge is 2.42. The van der Waals surface area contributed by atoms with Crippen molar-refractivity contribution in [3.8, 4) is 0 Å². The molecule has 0 aliphatic heterocycles. The zero-order valence-electron chi connectivity index (χ0n) is 19.3. The Bertz CT molecular complexity index is 728. The number of hydrogen-bond donors (Lipinski definition) is 3. The highest BCUT2D eigenvalue weighted by atomic mass is 127. The van der Waals surface area contributed by atoms with E-state index in [4.69, 9.17) is 0 Å². The fourth-order valence-electron chi connectivity index (χ4n) is 3.90. The smallest absolute Gasteiger partial charge is 0.230 e. The van der Waals surface area contributed by atoms with Gasteiger partial charge in [0, 0.05) is 39.3 Å². The van der Waals surface area contributed by atoms with Crippen LogP contribution in [-0.4, -0.2) is 49.9 Å². The number of benzene rings is 1. The third kappa shape index (κ3) is 8.31. The normalized spacial score (nSPS) is 15.0. The summed E-state index contributed by atoms with van der Waals surface area (Å²) >= 11 is 0. The molecule has 0 bridgehead atoms. The van der Waals surface area contributed by atoms with Gasteiger partial charge >= 0.3 is 0 Å². The Morgan fingerprint density at radius 1 is 1.06 bits per heavy atom. The van der Waals surface area contributed by atoms with Crippen molar-refractivity contribution in [2.45, 2.75) is 58.9 Å². The maximum atomic E-state index is 12.8. The lowest BCUT2D eigenvalue weighted by Gasteiger charge is -2.31. The zero-order valence-corrected chi connectivity index (χ0v) is 21.6. The maximum absolute atomic E-state index is 12.8. The van der Waals surface area contributed by atoms with Crippen LogP contribution in [0.3, 0.4) is 0 Å². The van der Waals surface area contributed by atoms with Crippen LogP contribution in [0.4, 0.5) is 5.69 Å². The van der Waals surface area contributed by atoms with Crippen LogP contribution in [0.15, 0.2) is 29.3 Å². The number of rotatable bonds is 9. The van der Waals surface area contributed by atoms with Crippen LogP contribution < -0.4 is 16.0 Å². The lowest BCUT2D eigenvalue weighted by Crippen LogP contribution is -2.49. The molecule has 2 rings (SSSR count). The van der Waals surface area contributed by atoms with Gasteiger partial charge in [0.05, 0.1) is 12.0 Å². The predicted octanol–water partition coefficient (Wildman–Crippen LogP) is 3.75. The first kappa shape index (κ1) is 27.2. The number of hydrogen-bond acceptors (Lipinski definition) is 3. The molecular weight excluding hydrogens is 505 g/mol. The molecular formula is C23H38IN5O2. The summed E-state index contributed by atoms with van der Waals surface area (Å²) in [6.45, 7) is 5.89. The van der Waals surface area contributed by atoms with Gasteiger partial charge in [0.25, 0.3) is 0 Å². The van der Waals surface area contributed by atoms with Crippen molar-refractivity contribution in [1.82, 2.24) is 15.5 Å². The SMILES string of the molecule is CCCC(=O)Nc1ccc(CN=C(NCC)NCC2(C(=O)N(C)C)CCCC2)cc1.I. The second kappa shape index (κ2) is 13.5. The summed E-state index contributed by atoms with van der Waals surface area (Å²) in [5, 5.41) is 9.56. The van der Waals surface area contributed by atoms with Gasteiger partial charge in [-0.05, 0) is 43.9 Å². The average molecular weight is 543 g/mol. The number of halogens is 1. The van der Waals surface area contributed by atoms with Gasteiger partial charge in [-0.15, -0.1) is 24.0 Å². The van der Waals surface area contributed by atoms with Gasteiger partial charge in [0.1, 0.15) is 0 Å². The van der Waals surface area contributed by atoms with E-state index in [2.05, 4.69) is 20.9 Å². The first-order valence-corrected chi connectivity index (χ1v) is 11.0. The van der Waals surface area contributed by atoms with Crippen LogP contribution in [0.25, 0.3) is 0 Å². The van der Waals surface area contributed by atoms with Crippen LogP contribution in [0, 0.1) is 5.41 Å². The second-order valence-corrected chi connectivity index (χ2v) is 8.23. The van der Waals surface area contributed by atoms with Crippen LogP contribution >= 0.6 is 24.0 Å². The van der Waals surface area contributed by atoms with Crippen molar-refractivity contribution in [2.75, 3.05) is 32.5 Å². The van der Waals surface area contributed by atoms with Crippen molar-refractivity contribution in [2.24, 2.45) is 10.4 Å². The number of guanidine groups is 1. The summed E-state index contributed by atoms with van der Waals surface area (Å²) in [6, 6.07) is 7.76. The summed E-state index contributed by atoms with van der Waals surface area (Å²) in [6.07, 6.45) is 5.39. The van der Waals surface area contributed by atoms with E-state index in [1.54, 1.807) is 4.90 Å². The van der Waals surface area contributed by atoms with Gasteiger partial charge < -0.3 is 20.9 Å². The number of carbonyl (C=O) groups is 2. The Hall–Kier alpha value is -1.84. The first-order chi connectivity index (χ1) is 14.4. The quantitative estimate of drug-likeness (QED) is 0.252. The number of anilines is 1. The molecule has 2 amide bonds. The molecule has 1 aliphatic carbocycles. The summed E-state index contributed by atoms with van der Waals surface area (Å²) in [7, 11) is 3.66. The first-order valence-electron chi connectivity index (χ1n) is 11.0. The van der Waals surface area contributed by atoms with Crippen LogP contribution in [0.2, 0.25) is 0 Å². The summed E-state index contributed by atoms with van der Waals surface area (Å²) in [4.78, 5) is 30.9. The van der Waals surface area contributed by atoms with Gasteiger partial charge in [0.15, 0.2) is 5.96 Å². The van der Waals surface area contributed by atoms with E-state index in [-0.39, 0.29) is 41.2 Å². The molecule has 0 atom stereocenters. The highest BCUT2D eigenvalue weighted by molar-refractivity contribution is 14.0. The van der Waals surface area contributed by atoms with Crippen LogP contribution in [-0.2, 0) is 16.1 Å². The number of nitrogens with zero attached hydrogens (tertiary/aromatic N) is 2. The molecule has 0 heterocycles. The summed E-state index contributed by atoms with van der Waals surface area (Å²) < 4.78 is 0. The third-order valence-electron chi connectivity index (χ3n) is 5.49. The van der Waals surface area contributed by atoms with E-state index in [9.17, 15) is 9.59 Å². The van der Waals surface area contributed by atoms with Gasteiger partial charge in [0.2, 0.25) is 11.8 Å². The largest absolute Gasteiger partial charge is 0.357 e. The van der Waals surface area contributed by atoms with Gasteiger partial charge in [-0.1, -0.05) is 31.9 Å². The minimum absolute atomic E-state index is 0. The molecule has 0 spiro atoms. The molecule has 0 radical (unpaired) electrons. The van der Waals surface area contributed by atoms with Crippen molar-refractivity contribution >= 4 is 47.4 Å². The van der Waals surface area contributed by atoms with E-state index < -0.39 is 0 Å². The number of aliphatic imine (C=N–C) groups is 1. The predicted molar refractivity (Wildman–Crippen MR) is 138 cm³/mol. The topological polar surface area (TPSA) is 85.8 Å². The van der Waals surface area contributed by atoms with Gasteiger partial charge in [-0.3, -0.25) is 9.59 Å². The summed E-state index contributed by atoms with van der Waals surface area (Å²) in [5.74, 6) is 0.953. The molecule has 1 aliphatic rings. The third-order valence-corrected chi connectivity index (χ3v) is 5.49. The highest BCUT2D eigenvalue weighted by Crippen LogP contribution is 2.38. The number of carbonyl (C=O) groups excluding carboxylic acids is 2. The molecule has 3 N–H and O–H groups in total.